The second-order valence-electron chi connectivity index (χ2n) is 5.85. The van der Waals surface area contributed by atoms with Gasteiger partial charge >= 0.3 is 5.76 Å². The number of carbonyl (C=O) groups is 1. The second kappa shape index (κ2) is 6.06. The van der Waals surface area contributed by atoms with Gasteiger partial charge in [-0.1, -0.05) is 0 Å². The molecule has 1 aromatic carbocycles. The molecule has 1 saturated heterocycles. The maximum Gasteiger partial charge on any atom is 0.419 e. The van der Waals surface area contributed by atoms with Crippen molar-refractivity contribution in [1.29, 1.82) is 0 Å². The first-order valence-electron chi connectivity index (χ1n) is 7.66. The Morgan fingerprint density at radius 3 is 2.58 bits per heavy atom. The third-order valence-electron chi connectivity index (χ3n) is 4.47. The lowest BCUT2D eigenvalue weighted by Crippen LogP contribution is -2.42. The molecule has 0 bridgehead atoms. The van der Waals surface area contributed by atoms with E-state index in [1.165, 1.54) is 21.0 Å². The summed E-state index contributed by atoms with van der Waals surface area (Å²) in [5.74, 6) is -0.749. The van der Waals surface area contributed by atoms with Crippen molar-refractivity contribution in [2.45, 2.75) is 17.7 Å². The average Bonchev–Trinajstić information content (AvgIpc) is 2.88. The number of nitrogens with one attached hydrogen (secondary N) is 1. The Labute approximate surface area is 139 Å². The van der Waals surface area contributed by atoms with Crippen molar-refractivity contribution in [2.75, 3.05) is 20.1 Å². The third-order valence-corrected chi connectivity index (χ3v) is 6.37. The number of hydrogen-bond acceptors (Lipinski definition) is 5. The lowest BCUT2D eigenvalue weighted by atomic mass is 9.97. The van der Waals surface area contributed by atoms with Crippen LogP contribution in [0.1, 0.15) is 12.8 Å². The fourth-order valence-electron chi connectivity index (χ4n) is 2.99. The maximum atomic E-state index is 12.8. The topological polar surface area (TPSA) is 102 Å². The minimum absolute atomic E-state index is 0.0560. The van der Waals surface area contributed by atoms with Crippen molar-refractivity contribution in [3.8, 4) is 0 Å². The SMILES string of the molecule is CNC(=O)C1CCN(S(=O)(=O)c2ccc3c(c2)oc(=O)n3C)CC1. The van der Waals surface area contributed by atoms with E-state index in [1.807, 2.05) is 0 Å². The van der Waals surface area contributed by atoms with Gasteiger partial charge < -0.3 is 9.73 Å². The van der Waals surface area contributed by atoms with Crippen LogP contribution in [0.5, 0.6) is 0 Å². The van der Waals surface area contributed by atoms with Gasteiger partial charge in [0.05, 0.1) is 10.4 Å². The quantitative estimate of drug-likeness (QED) is 0.854. The molecule has 9 heteroatoms. The van der Waals surface area contributed by atoms with Crippen LogP contribution in [0.15, 0.2) is 32.3 Å². The van der Waals surface area contributed by atoms with E-state index in [0.29, 0.717) is 18.4 Å². The van der Waals surface area contributed by atoms with E-state index in [2.05, 4.69) is 5.32 Å². The Bertz CT molecular complexity index is 936. The summed E-state index contributed by atoms with van der Waals surface area (Å²) in [7, 11) is -0.544. The number of fused-ring (bicyclic) bond motifs is 1. The summed E-state index contributed by atoms with van der Waals surface area (Å²) < 4.78 is 33.3. The molecule has 0 unspecified atom stereocenters. The zero-order valence-corrected chi connectivity index (χ0v) is 14.3. The standard InChI is InChI=1S/C15H19N3O5S/c1-16-14(19)10-5-7-18(8-6-10)24(21,22)11-3-4-12-13(9-11)23-15(20)17(12)2/h3-4,9-10H,5-8H2,1-2H3,(H,16,19). The first-order chi connectivity index (χ1) is 11.3. The van der Waals surface area contributed by atoms with Crippen molar-refractivity contribution < 1.29 is 17.6 Å². The van der Waals surface area contributed by atoms with Crippen molar-refractivity contribution in [2.24, 2.45) is 13.0 Å². The maximum absolute atomic E-state index is 12.8. The average molecular weight is 353 g/mol. The summed E-state index contributed by atoms with van der Waals surface area (Å²) >= 11 is 0. The first-order valence-corrected chi connectivity index (χ1v) is 9.10. The molecule has 1 aromatic heterocycles. The second-order valence-corrected chi connectivity index (χ2v) is 7.79. The molecule has 8 nitrogen and oxygen atoms in total. The van der Waals surface area contributed by atoms with Crippen LogP contribution in [-0.2, 0) is 21.9 Å². The van der Waals surface area contributed by atoms with Gasteiger partial charge in [-0.25, -0.2) is 13.2 Å². The molecule has 0 saturated carbocycles. The molecule has 2 aromatic rings. The minimum atomic E-state index is -3.68. The predicted octanol–water partition coefficient (Wildman–Crippen LogP) is 0.278. The van der Waals surface area contributed by atoms with E-state index in [4.69, 9.17) is 4.42 Å². The van der Waals surface area contributed by atoms with E-state index < -0.39 is 15.8 Å². The molecule has 1 aliphatic rings. The van der Waals surface area contributed by atoms with Crippen LogP contribution in [0, 0.1) is 5.92 Å². The van der Waals surface area contributed by atoms with Gasteiger partial charge in [0.1, 0.15) is 0 Å². The number of rotatable bonds is 3. The number of nitrogens with zero attached hydrogens (tertiary/aromatic N) is 2. The van der Waals surface area contributed by atoms with E-state index >= 15 is 0 Å². The number of amides is 1. The number of carbonyl (C=O) groups excluding carboxylic acids is 1. The Kier molecular flexibility index (Phi) is 4.22. The van der Waals surface area contributed by atoms with Crippen LogP contribution in [0.4, 0.5) is 0 Å². The van der Waals surface area contributed by atoms with E-state index in [-0.39, 0.29) is 35.4 Å². The summed E-state index contributed by atoms with van der Waals surface area (Å²) in [6.07, 6.45) is 0.975. The van der Waals surface area contributed by atoms with Crippen LogP contribution in [0.3, 0.4) is 0 Å². The number of aromatic nitrogens is 1. The van der Waals surface area contributed by atoms with E-state index in [0.717, 1.165) is 0 Å². The number of aryl methyl sites for hydroxylation is 1. The van der Waals surface area contributed by atoms with Gasteiger partial charge in [0, 0.05) is 39.2 Å². The first kappa shape index (κ1) is 16.7. The number of benzene rings is 1. The molecule has 0 radical (unpaired) electrons. The molecule has 130 valence electrons. The summed E-state index contributed by atoms with van der Waals surface area (Å²) in [6.45, 7) is 0.578. The van der Waals surface area contributed by atoms with Gasteiger partial charge in [-0.05, 0) is 25.0 Å². The number of piperidine rings is 1. The fraction of sp³-hybridized carbons (Fsp3) is 0.467. The summed E-state index contributed by atoms with van der Waals surface area (Å²) in [5, 5.41) is 2.60. The Balaban J connectivity index is 1.86. The predicted molar refractivity (Wildman–Crippen MR) is 87.0 cm³/mol. The summed E-state index contributed by atoms with van der Waals surface area (Å²) in [4.78, 5) is 23.3. The largest absolute Gasteiger partial charge is 0.419 e. The van der Waals surface area contributed by atoms with Crippen molar-refractivity contribution in [3.05, 3.63) is 28.7 Å². The molecule has 0 aliphatic carbocycles. The van der Waals surface area contributed by atoms with Gasteiger partial charge in [0.2, 0.25) is 15.9 Å². The zero-order chi connectivity index (χ0) is 17.5. The van der Waals surface area contributed by atoms with Crippen LogP contribution in [-0.4, -0.2) is 43.3 Å². The van der Waals surface area contributed by atoms with Gasteiger partial charge in [0.25, 0.3) is 0 Å². The third kappa shape index (κ3) is 2.73. The molecule has 2 heterocycles. The highest BCUT2D eigenvalue weighted by molar-refractivity contribution is 7.89. The number of sulfonamides is 1. The fourth-order valence-corrected chi connectivity index (χ4v) is 4.47. The lowest BCUT2D eigenvalue weighted by Gasteiger charge is -2.30. The molecule has 0 atom stereocenters. The van der Waals surface area contributed by atoms with Crippen LogP contribution >= 0.6 is 0 Å². The highest BCUT2D eigenvalue weighted by atomic mass is 32.2. The molecule has 1 amide bonds. The van der Waals surface area contributed by atoms with Gasteiger partial charge in [-0.15, -0.1) is 0 Å². The summed E-state index contributed by atoms with van der Waals surface area (Å²) in [5.41, 5.74) is 0.779. The highest BCUT2D eigenvalue weighted by Crippen LogP contribution is 2.26. The van der Waals surface area contributed by atoms with Crippen LogP contribution in [0.25, 0.3) is 11.1 Å². The van der Waals surface area contributed by atoms with E-state index in [9.17, 15) is 18.0 Å². The highest BCUT2D eigenvalue weighted by Gasteiger charge is 2.32. The molecular formula is C15H19N3O5S. The molecule has 24 heavy (non-hydrogen) atoms. The number of hydrogen-bond donors (Lipinski definition) is 1. The number of oxazole rings is 1. The minimum Gasteiger partial charge on any atom is -0.408 e. The molecular weight excluding hydrogens is 334 g/mol. The van der Waals surface area contributed by atoms with Crippen LogP contribution in [0.2, 0.25) is 0 Å². The molecule has 3 rings (SSSR count). The van der Waals surface area contributed by atoms with Gasteiger partial charge in [-0.2, -0.15) is 4.31 Å². The summed E-state index contributed by atoms with van der Waals surface area (Å²) in [6, 6.07) is 4.40. The van der Waals surface area contributed by atoms with Crippen molar-refractivity contribution >= 4 is 27.0 Å². The van der Waals surface area contributed by atoms with Crippen molar-refractivity contribution in [1.82, 2.24) is 14.2 Å². The molecule has 1 N–H and O–H groups in total. The molecule has 1 aliphatic heterocycles. The molecule has 0 spiro atoms. The monoisotopic (exact) mass is 353 g/mol. The van der Waals surface area contributed by atoms with Gasteiger partial charge in [-0.3, -0.25) is 9.36 Å². The lowest BCUT2D eigenvalue weighted by molar-refractivity contribution is -0.125. The Hall–Kier alpha value is -2.13. The zero-order valence-electron chi connectivity index (χ0n) is 13.5. The molecule has 1 fully saturated rings. The van der Waals surface area contributed by atoms with Gasteiger partial charge in [0.15, 0.2) is 5.58 Å². The Morgan fingerprint density at radius 1 is 1.29 bits per heavy atom. The van der Waals surface area contributed by atoms with Crippen molar-refractivity contribution in [3.63, 3.8) is 0 Å². The normalized spacial score (nSPS) is 17.2. The Morgan fingerprint density at radius 2 is 1.96 bits per heavy atom. The van der Waals surface area contributed by atoms with Crippen LogP contribution < -0.4 is 11.1 Å². The smallest absolute Gasteiger partial charge is 0.408 e. The van der Waals surface area contributed by atoms with E-state index in [1.54, 1.807) is 20.2 Å².